The first-order valence-corrected chi connectivity index (χ1v) is 11.0. The molecule has 30 heavy (non-hydrogen) atoms. The van der Waals surface area contributed by atoms with Crippen LogP contribution in [0, 0.1) is 0 Å². The van der Waals surface area contributed by atoms with Gasteiger partial charge in [-0.25, -0.2) is 0 Å². The molecule has 4 heteroatoms. The summed E-state index contributed by atoms with van der Waals surface area (Å²) < 4.78 is 11.2. The average Bonchev–Trinajstić information content (AvgIpc) is 2.77. The van der Waals surface area contributed by atoms with E-state index < -0.39 is 0 Å². The summed E-state index contributed by atoms with van der Waals surface area (Å²) in [5.41, 5.74) is 2.28. The van der Waals surface area contributed by atoms with Gasteiger partial charge >= 0.3 is 0 Å². The fourth-order valence-electron chi connectivity index (χ4n) is 3.19. The number of unbranched alkanes of at least 4 members (excludes halogenated alkanes) is 2. The SMILES string of the molecule is CCCCN(CCCC)CCCOc1ccc(/C=C/c2cccc(OC)c2)cc1.Cl. The molecule has 0 aliphatic heterocycles. The average molecular weight is 432 g/mol. The Bertz CT molecular complexity index is 707. The van der Waals surface area contributed by atoms with Crippen LogP contribution in [0.2, 0.25) is 0 Å². The third kappa shape index (κ3) is 10.2. The van der Waals surface area contributed by atoms with Crippen molar-refractivity contribution in [3.63, 3.8) is 0 Å². The molecular formula is C26H38ClNO2. The first-order chi connectivity index (χ1) is 14.2. The summed E-state index contributed by atoms with van der Waals surface area (Å²) in [4.78, 5) is 2.59. The van der Waals surface area contributed by atoms with Crippen molar-refractivity contribution in [3.8, 4) is 11.5 Å². The van der Waals surface area contributed by atoms with E-state index in [2.05, 4.69) is 61.2 Å². The number of ether oxygens (including phenoxy) is 2. The van der Waals surface area contributed by atoms with Gasteiger partial charge in [0.05, 0.1) is 13.7 Å². The highest BCUT2D eigenvalue weighted by Crippen LogP contribution is 2.17. The van der Waals surface area contributed by atoms with Gasteiger partial charge in [-0.15, -0.1) is 12.4 Å². The monoisotopic (exact) mass is 431 g/mol. The van der Waals surface area contributed by atoms with Crippen LogP contribution in [0.1, 0.15) is 57.1 Å². The second-order valence-corrected chi connectivity index (χ2v) is 7.43. The van der Waals surface area contributed by atoms with Crippen LogP contribution in [-0.4, -0.2) is 38.3 Å². The van der Waals surface area contributed by atoms with E-state index in [4.69, 9.17) is 9.47 Å². The van der Waals surface area contributed by atoms with E-state index in [-0.39, 0.29) is 12.4 Å². The van der Waals surface area contributed by atoms with Crippen molar-refractivity contribution in [3.05, 3.63) is 59.7 Å². The zero-order chi connectivity index (χ0) is 20.7. The van der Waals surface area contributed by atoms with Crippen LogP contribution in [0.5, 0.6) is 11.5 Å². The summed E-state index contributed by atoms with van der Waals surface area (Å²) >= 11 is 0. The van der Waals surface area contributed by atoms with Gasteiger partial charge in [-0.2, -0.15) is 0 Å². The van der Waals surface area contributed by atoms with Gasteiger partial charge in [0.1, 0.15) is 11.5 Å². The fraction of sp³-hybridized carbons (Fsp3) is 0.462. The minimum atomic E-state index is 0. The molecular weight excluding hydrogens is 394 g/mol. The molecule has 0 radical (unpaired) electrons. The van der Waals surface area contributed by atoms with Crippen molar-refractivity contribution in [2.45, 2.75) is 46.0 Å². The molecule has 0 saturated carbocycles. The summed E-state index contributed by atoms with van der Waals surface area (Å²) in [6.45, 7) is 8.85. The van der Waals surface area contributed by atoms with Crippen molar-refractivity contribution in [2.75, 3.05) is 33.4 Å². The van der Waals surface area contributed by atoms with Crippen molar-refractivity contribution < 1.29 is 9.47 Å². The maximum atomic E-state index is 5.95. The highest BCUT2D eigenvalue weighted by Gasteiger charge is 2.04. The Hall–Kier alpha value is -1.97. The molecule has 0 aromatic heterocycles. The zero-order valence-corrected chi connectivity index (χ0v) is 19.6. The zero-order valence-electron chi connectivity index (χ0n) is 18.8. The van der Waals surface area contributed by atoms with Gasteiger partial charge in [-0.3, -0.25) is 0 Å². The highest BCUT2D eigenvalue weighted by atomic mass is 35.5. The molecule has 0 aliphatic rings. The van der Waals surface area contributed by atoms with Crippen molar-refractivity contribution >= 4 is 24.6 Å². The van der Waals surface area contributed by atoms with Crippen molar-refractivity contribution in [1.29, 1.82) is 0 Å². The number of nitrogens with zero attached hydrogens (tertiary/aromatic N) is 1. The summed E-state index contributed by atoms with van der Waals surface area (Å²) in [5, 5.41) is 0. The Morgan fingerprint density at radius 3 is 2.03 bits per heavy atom. The molecule has 0 spiro atoms. The summed E-state index contributed by atoms with van der Waals surface area (Å²) in [6.07, 6.45) is 10.4. The maximum absolute atomic E-state index is 5.95. The van der Waals surface area contributed by atoms with Gasteiger partial charge in [-0.1, -0.05) is 63.1 Å². The Labute approximate surface area is 189 Å². The van der Waals surface area contributed by atoms with E-state index in [1.165, 1.54) is 38.8 Å². The fourth-order valence-corrected chi connectivity index (χ4v) is 3.19. The van der Waals surface area contributed by atoms with Gasteiger partial charge in [-0.05, 0) is 67.7 Å². The Kier molecular flexibility index (Phi) is 13.7. The lowest BCUT2D eigenvalue weighted by Gasteiger charge is -2.21. The quantitative estimate of drug-likeness (QED) is 0.238. The Morgan fingerprint density at radius 2 is 1.40 bits per heavy atom. The molecule has 0 unspecified atom stereocenters. The largest absolute Gasteiger partial charge is 0.497 e. The molecule has 0 amide bonds. The lowest BCUT2D eigenvalue weighted by Crippen LogP contribution is -2.28. The summed E-state index contributed by atoms with van der Waals surface area (Å²) in [7, 11) is 1.69. The molecule has 0 fully saturated rings. The van der Waals surface area contributed by atoms with Crippen LogP contribution < -0.4 is 9.47 Å². The number of hydrogen-bond donors (Lipinski definition) is 0. The van der Waals surface area contributed by atoms with E-state index >= 15 is 0 Å². The third-order valence-electron chi connectivity index (χ3n) is 4.99. The first-order valence-electron chi connectivity index (χ1n) is 11.0. The lowest BCUT2D eigenvalue weighted by atomic mass is 10.1. The summed E-state index contributed by atoms with van der Waals surface area (Å²) in [5.74, 6) is 1.82. The van der Waals surface area contributed by atoms with Crippen molar-refractivity contribution in [1.82, 2.24) is 4.90 Å². The number of rotatable bonds is 14. The molecule has 3 nitrogen and oxygen atoms in total. The van der Waals surface area contributed by atoms with Crippen LogP contribution in [0.25, 0.3) is 12.2 Å². The molecule has 0 saturated heterocycles. The normalized spacial score (nSPS) is 10.9. The molecule has 2 aromatic rings. The second-order valence-electron chi connectivity index (χ2n) is 7.43. The predicted octanol–water partition coefficient (Wildman–Crippen LogP) is 6.96. The van der Waals surface area contributed by atoms with Crippen LogP contribution in [0.4, 0.5) is 0 Å². The molecule has 2 rings (SSSR count). The minimum Gasteiger partial charge on any atom is -0.497 e. The number of benzene rings is 2. The maximum Gasteiger partial charge on any atom is 0.119 e. The van der Waals surface area contributed by atoms with Gasteiger partial charge in [0, 0.05) is 6.54 Å². The third-order valence-corrected chi connectivity index (χ3v) is 4.99. The smallest absolute Gasteiger partial charge is 0.119 e. The highest BCUT2D eigenvalue weighted by molar-refractivity contribution is 5.85. The van der Waals surface area contributed by atoms with E-state index in [1.54, 1.807) is 7.11 Å². The van der Waals surface area contributed by atoms with Gasteiger partial charge < -0.3 is 14.4 Å². The number of hydrogen-bond acceptors (Lipinski definition) is 3. The van der Waals surface area contributed by atoms with E-state index in [1.807, 2.05) is 18.2 Å². The first kappa shape index (κ1) is 26.1. The summed E-state index contributed by atoms with van der Waals surface area (Å²) in [6, 6.07) is 16.4. The van der Waals surface area contributed by atoms with Crippen LogP contribution in [0.3, 0.4) is 0 Å². The second kappa shape index (κ2) is 15.8. The predicted molar refractivity (Wildman–Crippen MR) is 132 cm³/mol. The minimum absolute atomic E-state index is 0. The molecule has 0 N–H and O–H groups in total. The standard InChI is InChI=1S/C26H37NO2.ClH/c1-4-6-18-27(19-7-5-2)20-9-21-29-25-16-14-23(15-17-25)12-13-24-10-8-11-26(22-24)28-3;/h8,10-17,22H,4-7,9,18-21H2,1-3H3;1H/b13-12+;. The van der Waals surface area contributed by atoms with E-state index in [0.29, 0.717) is 0 Å². The number of halogens is 1. The Balaban J connectivity index is 0.00000450. The van der Waals surface area contributed by atoms with Crippen LogP contribution in [0.15, 0.2) is 48.5 Å². The van der Waals surface area contributed by atoms with Gasteiger partial charge in [0.2, 0.25) is 0 Å². The van der Waals surface area contributed by atoms with Crippen LogP contribution in [-0.2, 0) is 0 Å². The number of methoxy groups -OCH3 is 1. The van der Waals surface area contributed by atoms with Crippen molar-refractivity contribution in [2.24, 2.45) is 0 Å². The molecule has 0 bridgehead atoms. The molecule has 166 valence electrons. The van der Waals surface area contributed by atoms with Gasteiger partial charge in [0.25, 0.3) is 0 Å². The van der Waals surface area contributed by atoms with E-state index in [9.17, 15) is 0 Å². The van der Waals surface area contributed by atoms with Gasteiger partial charge in [0.15, 0.2) is 0 Å². The molecule has 0 atom stereocenters. The molecule has 0 heterocycles. The molecule has 0 aliphatic carbocycles. The van der Waals surface area contributed by atoms with E-state index in [0.717, 1.165) is 42.2 Å². The van der Waals surface area contributed by atoms with Crippen LogP contribution >= 0.6 is 12.4 Å². The molecule has 2 aromatic carbocycles. The lowest BCUT2D eigenvalue weighted by molar-refractivity contribution is 0.229. The Morgan fingerprint density at radius 1 is 0.767 bits per heavy atom. The topological polar surface area (TPSA) is 21.7 Å².